The highest BCUT2D eigenvalue weighted by atomic mass is 16.6. The molecule has 1 atom stereocenters. The smallest absolute Gasteiger partial charge is 0.182 e. The molecule has 2 aromatic rings. The largest absolute Gasteiger partial charge is 0.486 e. The number of hydrogen-bond donors (Lipinski definition) is 1. The summed E-state index contributed by atoms with van der Waals surface area (Å²) in [5.41, 5.74) is 6.77. The Morgan fingerprint density at radius 1 is 0.968 bits per heavy atom. The minimum absolute atomic E-state index is 0.138. The Morgan fingerprint density at radius 2 is 1.74 bits per heavy atom. The van der Waals surface area contributed by atoms with Gasteiger partial charge in [0.2, 0.25) is 0 Å². The minimum atomic E-state index is -0.351. The first-order valence-corrected chi connectivity index (χ1v) is 11.3. The monoisotopic (exact) mass is 419 g/mol. The third kappa shape index (κ3) is 3.08. The number of piperidine rings is 1. The molecule has 4 aliphatic heterocycles. The molecule has 0 saturated carbocycles. The molecule has 0 amide bonds. The molecule has 1 spiro atoms. The maximum Gasteiger partial charge on any atom is 0.182 e. The van der Waals surface area contributed by atoms with Crippen LogP contribution < -0.4 is 19.6 Å². The van der Waals surface area contributed by atoms with Gasteiger partial charge >= 0.3 is 0 Å². The van der Waals surface area contributed by atoms with Crippen molar-refractivity contribution in [3.05, 3.63) is 59.7 Å². The lowest BCUT2D eigenvalue weighted by Gasteiger charge is -2.52. The van der Waals surface area contributed by atoms with E-state index in [9.17, 15) is 0 Å². The summed E-state index contributed by atoms with van der Waals surface area (Å²) in [7, 11) is 0. The number of para-hydroxylation sites is 1. The van der Waals surface area contributed by atoms with Crippen molar-refractivity contribution in [3.63, 3.8) is 0 Å². The van der Waals surface area contributed by atoms with Crippen LogP contribution >= 0.6 is 0 Å². The summed E-state index contributed by atoms with van der Waals surface area (Å²) >= 11 is 0. The van der Waals surface area contributed by atoms with Crippen molar-refractivity contribution in [1.82, 2.24) is 15.3 Å². The maximum absolute atomic E-state index is 6.74. The second-order valence-electron chi connectivity index (χ2n) is 9.08. The van der Waals surface area contributed by atoms with Gasteiger partial charge in [-0.1, -0.05) is 18.2 Å². The lowest BCUT2D eigenvalue weighted by Crippen LogP contribution is -2.64. The van der Waals surface area contributed by atoms with E-state index in [1.54, 1.807) is 0 Å². The van der Waals surface area contributed by atoms with Crippen molar-refractivity contribution in [2.75, 3.05) is 26.3 Å². The lowest BCUT2D eigenvalue weighted by molar-refractivity contribution is -0.161. The van der Waals surface area contributed by atoms with E-state index in [0.29, 0.717) is 19.3 Å². The number of rotatable bonds is 2. The molecule has 0 aliphatic carbocycles. The summed E-state index contributed by atoms with van der Waals surface area (Å²) in [6, 6.07) is 15.3. The summed E-state index contributed by atoms with van der Waals surface area (Å²) in [6.45, 7) is 7.80. The van der Waals surface area contributed by atoms with Gasteiger partial charge in [-0.15, -0.1) is 0 Å². The van der Waals surface area contributed by atoms with Gasteiger partial charge in [0.1, 0.15) is 19.0 Å². The van der Waals surface area contributed by atoms with Gasteiger partial charge in [0.25, 0.3) is 0 Å². The fourth-order valence-electron chi connectivity index (χ4n) is 5.23. The second-order valence-corrected chi connectivity index (χ2v) is 9.08. The van der Waals surface area contributed by atoms with Gasteiger partial charge in [-0.3, -0.25) is 0 Å². The van der Waals surface area contributed by atoms with Crippen molar-refractivity contribution in [2.24, 2.45) is 0 Å². The first kappa shape index (κ1) is 19.0. The fourth-order valence-corrected chi connectivity index (χ4v) is 5.23. The van der Waals surface area contributed by atoms with E-state index in [2.05, 4.69) is 71.7 Å². The van der Waals surface area contributed by atoms with Gasteiger partial charge in [0, 0.05) is 43.1 Å². The Kier molecular flexibility index (Phi) is 4.40. The predicted octanol–water partition coefficient (Wildman–Crippen LogP) is 3.95. The van der Waals surface area contributed by atoms with Crippen molar-refractivity contribution in [1.29, 1.82) is 0 Å². The molecule has 6 rings (SSSR count). The Bertz CT molecular complexity index is 1030. The number of fused-ring (bicyclic) bond motifs is 5. The van der Waals surface area contributed by atoms with E-state index >= 15 is 0 Å². The molecule has 4 aliphatic rings. The normalized spacial score (nSPS) is 24.2. The Labute approximate surface area is 183 Å². The van der Waals surface area contributed by atoms with Gasteiger partial charge in [0.05, 0.1) is 11.7 Å². The zero-order valence-corrected chi connectivity index (χ0v) is 18.1. The Balaban J connectivity index is 1.36. The topological polar surface area (TPSA) is 46.2 Å². The first-order chi connectivity index (χ1) is 15.1. The van der Waals surface area contributed by atoms with Crippen LogP contribution in [-0.2, 0) is 0 Å². The van der Waals surface area contributed by atoms with Crippen molar-refractivity contribution in [3.8, 4) is 17.2 Å². The highest BCUT2D eigenvalue weighted by Gasteiger charge is 2.51. The van der Waals surface area contributed by atoms with Crippen LogP contribution in [0.25, 0.3) is 5.70 Å². The maximum atomic E-state index is 6.74. The molecular weight excluding hydrogens is 390 g/mol. The fraction of sp³-hybridized carbons (Fsp3) is 0.440. The van der Waals surface area contributed by atoms with Gasteiger partial charge < -0.3 is 24.5 Å². The zero-order valence-electron chi connectivity index (χ0n) is 18.1. The van der Waals surface area contributed by atoms with Crippen LogP contribution in [0.1, 0.15) is 43.9 Å². The van der Waals surface area contributed by atoms with Crippen molar-refractivity contribution < 1.29 is 14.2 Å². The summed E-state index contributed by atoms with van der Waals surface area (Å²) < 4.78 is 18.3. The Morgan fingerprint density at radius 3 is 2.55 bits per heavy atom. The van der Waals surface area contributed by atoms with Crippen LogP contribution in [0.2, 0.25) is 0 Å². The zero-order chi connectivity index (χ0) is 21.0. The molecular formula is C25H29N3O3. The molecule has 4 heterocycles. The number of nitrogens with zero attached hydrogens (tertiary/aromatic N) is 2. The summed E-state index contributed by atoms with van der Waals surface area (Å²) in [5, 5.41) is 2.35. The van der Waals surface area contributed by atoms with Crippen LogP contribution in [0, 0.1) is 0 Å². The second kappa shape index (κ2) is 7.18. The molecule has 2 aromatic carbocycles. The highest BCUT2D eigenvalue weighted by molar-refractivity contribution is 5.70. The van der Waals surface area contributed by atoms with Crippen LogP contribution in [0.5, 0.6) is 17.2 Å². The third-order valence-electron chi connectivity index (χ3n) is 6.98. The number of benzene rings is 2. The van der Waals surface area contributed by atoms with E-state index in [1.807, 2.05) is 6.07 Å². The SMILES string of the molecule is CC(C)N1CCC2(CC1)Oc1ccccc1[C@@H]1C=C(c3ccc4c(c3)OCCO4)NN12. The molecule has 0 bridgehead atoms. The van der Waals surface area contributed by atoms with Crippen LogP contribution in [-0.4, -0.2) is 48.0 Å². The molecule has 0 unspecified atom stereocenters. The van der Waals surface area contributed by atoms with Gasteiger partial charge in [0.15, 0.2) is 17.2 Å². The Hall–Kier alpha value is -2.70. The van der Waals surface area contributed by atoms with Gasteiger partial charge in [-0.2, -0.15) is 5.01 Å². The van der Waals surface area contributed by atoms with Gasteiger partial charge in [-0.05, 0) is 44.2 Å². The van der Waals surface area contributed by atoms with E-state index < -0.39 is 0 Å². The molecule has 0 aromatic heterocycles. The average molecular weight is 420 g/mol. The summed E-state index contributed by atoms with van der Waals surface area (Å²) in [6.07, 6.45) is 4.25. The number of nitrogens with one attached hydrogen (secondary N) is 1. The van der Waals surface area contributed by atoms with Crippen LogP contribution in [0.15, 0.2) is 48.5 Å². The van der Waals surface area contributed by atoms with E-state index in [1.165, 1.54) is 5.56 Å². The number of hydrazine groups is 1. The molecule has 162 valence electrons. The minimum Gasteiger partial charge on any atom is -0.486 e. The van der Waals surface area contributed by atoms with Crippen LogP contribution in [0.4, 0.5) is 0 Å². The molecule has 1 saturated heterocycles. The summed E-state index contributed by atoms with van der Waals surface area (Å²) in [4.78, 5) is 2.54. The average Bonchev–Trinajstić information content (AvgIpc) is 3.26. The lowest BCUT2D eigenvalue weighted by atomic mass is 9.92. The van der Waals surface area contributed by atoms with Crippen LogP contribution in [0.3, 0.4) is 0 Å². The quantitative estimate of drug-likeness (QED) is 0.795. The first-order valence-electron chi connectivity index (χ1n) is 11.3. The number of ether oxygens (including phenoxy) is 3. The number of likely N-dealkylation sites (tertiary alicyclic amines) is 1. The molecule has 31 heavy (non-hydrogen) atoms. The molecule has 0 radical (unpaired) electrons. The predicted molar refractivity (Wildman–Crippen MR) is 119 cm³/mol. The van der Waals surface area contributed by atoms with Crippen molar-refractivity contribution >= 4 is 5.70 Å². The van der Waals surface area contributed by atoms with Crippen molar-refractivity contribution in [2.45, 2.75) is 44.5 Å². The summed E-state index contributed by atoms with van der Waals surface area (Å²) in [5.74, 6) is 2.63. The van der Waals surface area contributed by atoms with E-state index in [0.717, 1.165) is 54.4 Å². The van der Waals surface area contributed by atoms with Gasteiger partial charge in [-0.25, -0.2) is 0 Å². The third-order valence-corrected chi connectivity index (χ3v) is 6.98. The molecule has 1 N–H and O–H groups in total. The standard InChI is InChI=1S/C25H29N3O3/c1-17(2)27-11-9-25(10-12-27)28-21(19-5-3-4-6-22(19)31-25)16-20(26-28)18-7-8-23-24(15-18)30-14-13-29-23/h3-8,15-17,21,26H,9-14H2,1-2H3/t21-/m0/s1. The molecule has 6 nitrogen and oxygen atoms in total. The number of hydrogen-bond acceptors (Lipinski definition) is 6. The molecule has 1 fully saturated rings. The van der Waals surface area contributed by atoms with E-state index in [-0.39, 0.29) is 11.8 Å². The molecule has 6 heteroatoms. The highest BCUT2D eigenvalue weighted by Crippen LogP contribution is 2.48. The van der Waals surface area contributed by atoms with E-state index in [4.69, 9.17) is 14.2 Å².